The first-order valence-corrected chi connectivity index (χ1v) is 10.2. The number of furan rings is 1. The molecule has 3 rings (SSSR count). The number of aliphatic imine (C=N–C) groups is 1. The van der Waals surface area contributed by atoms with Gasteiger partial charge in [-0.1, -0.05) is 0 Å². The van der Waals surface area contributed by atoms with E-state index in [0.717, 1.165) is 64.0 Å². The summed E-state index contributed by atoms with van der Waals surface area (Å²) in [6.07, 6.45) is 7.55. The van der Waals surface area contributed by atoms with E-state index in [2.05, 4.69) is 15.1 Å². The highest BCUT2D eigenvalue weighted by Gasteiger charge is 2.30. The van der Waals surface area contributed by atoms with E-state index in [-0.39, 0.29) is 0 Å². The molecule has 26 heavy (non-hydrogen) atoms. The maximum atomic E-state index is 5.43. The van der Waals surface area contributed by atoms with Crippen molar-refractivity contribution in [1.82, 2.24) is 15.1 Å². The summed E-state index contributed by atoms with van der Waals surface area (Å²) < 4.78 is 10.9. The summed E-state index contributed by atoms with van der Waals surface area (Å²) in [6.45, 7) is 10.00. The predicted molar refractivity (Wildman–Crippen MR) is 105 cm³/mol. The predicted octanol–water partition coefficient (Wildman–Crippen LogP) is 2.36. The lowest BCUT2D eigenvalue weighted by molar-refractivity contribution is 0.146. The van der Waals surface area contributed by atoms with Crippen LogP contribution in [0.3, 0.4) is 0 Å². The lowest BCUT2D eigenvalue weighted by Gasteiger charge is -2.25. The van der Waals surface area contributed by atoms with E-state index in [4.69, 9.17) is 14.1 Å². The van der Waals surface area contributed by atoms with Crippen LogP contribution in [0.2, 0.25) is 0 Å². The van der Waals surface area contributed by atoms with Crippen LogP contribution in [-0.4, -0.2) is 74.3 Å². The molecule has 0 aromatic carbocycles. The Morgan fingerprint density at radius 3 is 3.00 bits per heavy atom. The number of rotatable bonds is 9. The standard InChI is InChI=1S/C20H34N4O2/c1-2-25-15-6-10-21-20(22-11-8-19-7-5-16-26-19)24-14-9-18(17-24)23-12-3-4-13-23/h5,7,16,18H,2-4,6,8-15,17H2,1H3,(H,21,22). The van der Waals surface area contributed by atoms with Gasteiger partial charge >= 0.3 is 0 Å². The number of guanidine groups is 1. The van der Waals surface area contributed by atoms with Crippen LogP contribution in [0.4, 0.5) is 0 Å². The average molecular weight is 363 g/mol. The second-order valence-electron chi connectivity index (χ2n) is 7.14. The number of hydrogen-bond donors (Lipinski definition) is 1. The third-order valence-corrected chi connectivity index (χ3v) is 5.27. The molecule has 6 nitrogen and oxygen atoms in total. The zero-order valence-corrected chi connectivity index (χ0v) is 16.2. The van der Waals surface area contributed by atoms with E-state index in [1.807, 2.05) is 19.1 Å². The van der Waals surface area contributed by atoms with Gasteiger partial charge in [-0.05, 0) is 57.8 Å². The van der Waals surface area contributed by atoms with Gasteiger partial charge in [0.25, 0.3) is 0 Å². The Kier molecular flexibility index (Phi) is 7.83. The maximum absolute atomic E-state index is 5.43. The summed E-state index contributed by atoms with van der Waals surface area (Å²) in [6, 6.07) is 4.66. The van der Waals surface area contributed by atoms with Gasteiger partial charge in [-0.25, -0.2) is 0 Å². The van der Waals surface area contributed by atoms with E-state index in [1.54, 1.807) is 6.26 Å². The molecule has 1 aromatic rings. The highest BCUT2D eigenvalue weighted by atomic mass is 16.5. The molecule has 2 aliphatic rings. The normalized spacial score (nSPS) is 21.7. The molecule has 0 amide bonds. The van der Waals surface area contributed by atoms with Crippen molar-refractivity contribution in [3.63, 3.8) is 0 Å². The summed E-state index contributed by atoms with van der Waals surface area (Å²) in [5.41, 5.74) is 0. The van der Waals surface area contributed by atoms with Crippen molar-refractivity contribution in [2.45, 2.75) is 45.1 Å². The van der Waals surface area contributed by atoms with Crippen molar-refractivity contribution in [2.75, 3.05) is 52.5 Å². The molecular weight excluding hydrogens is 328 g/mol. The first-order chi connectivity index (χ1) is 12.9. The summed E-state index contributed by atoms with van der Waals surface area (Å²) in [4.78, 5) is 9.96. The van der Waals surface area contributed by atoms with Crippen molar-refractivity contribution >= 4 is 5.96 Å². The Labute approximate surface area is 157 Å². The molecule has 3 heterocycles. The molecule has 2 saturated heterocycles. The molecule has 1 N–H and O–H groups in total. The van der Waals surface area contributed by atoms with Crippen LogP contribution in [-0.2, 0) is 11.2 Å². The molecule has 1 atom stereocenters. The minimum Gasteiger partial charge on any atom is -0.469 e. The minimum absolute atomic E-state index is 0.693. The van der Waals surface area contributed by atoms with Crippen LogP contribution in [0.1, 0.15) is 38.4 Å². The molecule has 2 fully saturated rings. The van der Waals surface area contributed by atoms with E-state index in [9.17, 15) is 0 Å². The van der Waals surface area contributed by atoms with E-state index in [1.165, 1.54) is 32.4 Å². The summed E-state index contributed by atoms with van der Waals surface area (Å²) in [5, 5.41) is 3.56. The van der Waals surface area contributed by atoms with E-state index < -0.39 is 0 Å². The first-order valence-electron chi connectivity index (χ1n) is 10.2. The van der Waals surface area contributed by atoms with Gasteiger partial charge in [0.2, 0.25) is 0 Å². The van der Waals surface area contributed by atoms with Gasteiger partial charge in [0.05, 0.1) is 6.26 Å². The summed E-state index contributed by atoms with van der Waals surface area (Å²) in [7, 11) is 0. The fourth-order valence-electron chi connectivity index (χ4n) is 3.85. The molecule has 1 unspecified atom stereocenters. The van der Waals surface area contributed by atoms with Crippen molar-refractivity contribution in [3.05, 3.63) is 24.2 Å². The molecule has 146 valence electrons. The monoisotopic (exact) mass is 362 g/mol. The van der Waals surface area contributed by atoms with Gasteiger partial charge in [0.1, 0.15) is 5.76 Å². The summed E-state index contributed by atoms with van der Waals surface area (Å²) >= 11 is 0. The van der Waals surface area contributed by atoms with Crippen LogP contribution in [0.5, 0.6) is 0 Å². The highest BCUT2D eigenvalue weighted by molar-refractivity contribution is 5.80. The Morgan fingerprint density at radius 1 is 1.35 bits per heavy atom. The molecule has 0 bridgehead atoms. The van der Waals surface area contributed by atoms with Gasteiger partial charge in [0.15, 0.2) is 5.96 Å². The fraction of sp³-hybridized carbons (Fsp3) is 0.750. The van der Waals surface area contributed by atoms with Crippen LogP contribution in [0, 0.1) is 0 Å². The zero-order chi connectivity index (χ0) is 18.0. The molecule has 6 heteroatoms. The molecular formula is C20H34N4O2. The Bertz CT molecular complexity index is 526. The van der Waals surface area contributed by atoms with Crippen LogP contribution >= 0.6 is 0 Å². The number of nitrogens with one attached hydrogen (secondary N) is 1. The first kappa shape index (κ1) is 19.2. The molecule has 2 aliphatic heterocycles. The number of ether oxygens (including phenoxy) is 1. The Hall–Kier alpha value is -1.53. The molecule has 0 spiro atoms. The Balaban J connectivity index is 1.50. The third-order valence-electron chi connectivity index (χ3n) is 5.27. The van der Waals surface area contributed by atoms with Gasteiger partial charge in [-0.3, -0.25) is 9.89 Å². The average Bonchev–Trinajstić information content (AvgIpc) is 3.41. The second-order valence-corrected chi connectivity index (χ2v) is 7.14. The summed E-state index contributed by atoms with van der Waals surface area (Å²) in [5.74, 6) is 2.07. The van der Waals surface area contributed by atoms with Gasteiger partial charge < -0.3 is 19.4 Å². The van der Waals surface area contributed by atoms with Crippen LogP contribution in [0.15, 0.2) is 27.8 Å². The number of nitrogens with zero attached hydrogens (tertiary/aromatic N) is 3. The highest BCUT2D eigenvalue weighted by Crippen LogP contribution is 2.20. The molecule has 0 aliphatic carbocycles. The number of likely N-dealkylation sites (tertiary alicyclic amines) is 2. The van der Waals surface area contributed by atoms with Crippen molar-refractivity contribution in [2.24, 2.45) is 4.99 Å². The van der Waals surface area contributed by atoms with Gasteiger partial charge in [-0.15, -0.1) is 0 Å². The molecule has 0 radical (unpaired) electrons. The molecule has 1 aromatic heterocycles. The molecule has 0 saturated carbocycles. The topological polar surface area (TPSA) is 53.2 Å². The number of hydrogen-bond acceptors (Lipinski definition) is 4. The minimum atomic E-state index is 0.693. The maximum Gasteiger partial charge on any atom is 0.193 e. The van der Waals surface area contributed by atoms with E-state index >= 15 is 0 Å². The van der Waals surface area contributed by atoms with Crippen molar-refractivity contribution in [3.8, 4) is 0 Å². The lowest BCUT2D eigenvalue weighted by atomic mass is 10.2. The van der Waals surface area contributed by atoms with Crippen molar-refractivity contribution in [1.29, 1.82) is 0 Å². The van der Waals surface area contributed by atoms with Gasteiger partial charge in [-0.2, -0.15) is 0 Å². The zero-order valence-electron chi connectivity index (χ0n) is 16.2. The quantitative estimate of drug-likeness (QED) is 0.415. The van der Waals surface area contributed by atoms with Crippen LogP contribution in [0.25, 0.3) is 0 Å². The SMILES string of the molecule is CCOCCCN=C(NCCc1ccco1)N1CCC(N2CCCC2)C1. The largest absolute Gasteiger partial charge is 0.469 e. The lowest BCUT2D eigenvalue weighted by Crippen LogP contribution is -2.43. The van der Waals surface area contributed by atoms with Crippen LogP contribution < -0.4 is 5.32 Å². The third kappa shape index (κ3) is 5.74. The second kappa shape index (κ2) is 10.6. The van der Waals surface area contributed by atoms with Gasteiger partial charge in [0, 0.05) is 51.9 Å². The fourth-order valence-corrected chi connectivity index (χ4v) is 3.85. The smallest absolute Gasteiger partial charge is 0.193 e. The van der Waals surface area contributed by atoms with Crippen molar-refractivity contribution < 1.29 is 9.15 Å². The van der Waals surface area contributed by atoms with E-state index in [0.29, 0.717) is 6.04 Å². The Morgan fingerprint density at radius 2 is 2.23 bits per heavy atom.